The van der Waals surface area contributed by atoms with Crippen molar-refractivity contribution in [3.8, 4) is 11.1 Å². The molecule has 11 nitrogen and oxygen atoms in total. The molecule has 1 aliphatic heterocycles. The number of pyridine rings is 1. The third-order valence-electron chi connectivity index (χ3n) is 5.09. The van der Waals surface area contributed by atoms with E-state index in [9.17, 15) is 35.9 Å². The lowest BCUT2D eigenvalue weighted by Crippen LogP contribution is -2.22. The van der Waals surface area contributed by atoms with Crippen LogP contribution in [0.4, 0.5) is 42.5 Å². The average molecular weight is 582 g/mol. The Kier molecular flexibility index (Phi) is 11.9. The summed E-state index contributed by atoms with van der Waals surface area (Å²) in [6.07, 6.45) is -7.30. The molecule has 17 heteroatoms. The van der Waals surface area contributed by atoms with E-state index in [1.54, 1.807) is 24.4 Å². The first-order valence-electron chi connectivity index (χ1n) is 11.1. The molecule has 2 bridgehead atoms. The second-order valence-electron chi connectivity index (χ2n) is 8.19. The van der Waals surface area contributed by atoms with Gasteiger partial charge in [-0.25, -0.2) is 14.4 Å². The van der Waals surface area contributed by atoms with E-state index in [2.05, 4.69) is 15.6 Å². The standard InChI is InChI=1S/C19H22N4O3.2C2HF3O2/c1-11-3-2-4-15(20)17-9-12(7-8-21-17)14-6-5-13(22-19(25)26)10-16(14)23-18(11)24;2*3-2(4,5)1(6)7/h5-11,15,22H,2-4,20H2,1H3,(H,23,24)(H,25,26);2*(H,6,7)/t11-,15+;;/m1../s1. The largest absolute Gasteiger partial charge is 0.490 e. The van der Waals surface area contributed by atoms with E-state index in [1.165, 1.54) is 0 Å². The van der Waals surface area contributed by atoms with E-state index in [0.29, 0.717) is 11.4 Å². The number of halogens is 6. The number of hydrogen-bond donors (Lipinski definition) is 6. The summed E-state index contributed by atoms with van der Waals surface area (Å²) < 4.78 is 63.5. The Labute approximate surface area is 222 Å². The van der Waals surface area contributed by atoms with Gasteiger partial charge in [0.25, 0.3) is 0 Å². The summed E-state index contributed by atoms with van der Waals surface area (Å²) in [6.45, 7) is 1.88. The summed E-state index contributed by atoms with van der Waals surface area (Å²) in [5, 5.41) is 28.4. The molecule has 40 heavy (non-hydrogen) atoms. The molecule has 1 aromatic heterocycles. The van der Waals surface area contributed by atoms with Crippen LogP contribution in [0.25, 0.3) is 11.1 Å². The van der Waals surface area contributed by atoms with E-state index >= 15 is 0 Å². The van der Waals surface area contributed by atoms with Gasteiger partial charge in [0.2, 0.25) is 5.91 Å². The van der Waals surface area contributed by atoms with Crippen LogP contribution in [0.2, 0.25) is 0 Å². The van der Waals surface area contributed by atoms with Crippen LogP contribution in [0.15, 0.2) is 36.5 Å². The van der Waals surface area contributed by atoms with Crippen molar-refractivity contribution in [2.45, 2.75) is 44.6 Å². The Morgan fingerprint density at radius 3 is 2.02 bits per heavy atom. The first kappa shape index (κ1) is 33.6. The van der Waals surface area contributed by atoms with E-state index in [0.717, 1.165) is 36.1 Å². The predicted molar refractivity (Wildman–Crippen MR) is 127 cm³/mol. The number of fused-ring (bicyclic) bond motifs is 4. The average Bonchev–Trinajstić information content (AvgIpc) is 2.82. The predicted octanol–water partition coefficient (Wildman–Crippen LogP) is 4.86. The molecular weight excluding hydrogens is 558 g/mol. The highest BCUT2D eigenvalue weighted by Gasteiger charge is 2.38. The van der Waals surface area contributed by atoms with Gasteiger partial charge in [0, 0.05) is 29.4 Å². The molecule has 220 valence electrons. The van der Waals surface area contributed by atoms with Gasteiger partial charge in [-0.1, -0.05) is 19.4 Å². The molecule has 0 fully saturated rings. The number of carbonyl (C=O) groups excluding carboxylic acids is 1. The third-order valence-corrected chi connectivity index (χ3v) is 5.09. The Morgan fingerprint density at radius 2 is 1.52 bits per heavy atom. The monoisotopic (exact) mass is 582 g/mol. The first-order chi connectivity index (χ1) is 18.3. The normalized spacial score (nSPS) is 17.1. The Balaban J connectivity index is 0.000000473. The lowest BCUT2D eigenvalue weighted by molar-refractivity contribution is -0.193. The molecule has 0 spiro atoms. The molecule has 2 amide bonds. The summed E-state index contributed by atoms with van der Waals surface area (Å²) in [4.78, 5) is 45.6. The number of nitrogens with two attached hydrogens (primary N) is 1. The minimum Gasteiger partial charge on any atom is -0.475 e. The fourth-order valence-electron chi connectivity index (χ4n) is 3.10. The van der Waals surface area contributed by atoms with Gasteiger partial charge < -0.3 is 26.4 Å². The fourth-order valence-corrected chi connectivity index (χ4v) is 3.10. The first-order valence-corrected chi connectivity index (χ1v) is 11.1. The van der Waals surface area contributed by atoms with Crippen LogP contribution in [-0.4, -0.2) is 56.6 Å². The van der Waals surface area contributed by atoms with E-state index in [-0.39, 0.29) is 17.9 Å². The molecule has 3 rings (SSSR count). The summed E-state index contributed by atoms with van der Waals surface area (Å²) in [5.74, 6) is -5.78. The number of carbonyl (C=O) groups is 4. The second-order valence-corrected chi connectivity index (χ2v) is 8.19. The van der Waals surface area contributed by atoms with Crippen LogP contribution in [0.3, 0.4) is 0 Å². The molecule has 1 aromatic carbocycles. The lowest BCUT2D eigenvalue weighted by atomic mass is 9.96. The van der Waals surface area contributed by atoms with Crippen molar-refractivity contribution in [2.24, 2.45) is 11.7 Å². The van der Waals surface area contributed by atoms with Gasteiger partial charge in [0.05, 0.1) is 11.4 Å². The maximum atomic E-state index is 12.5. The second kappa shape index (κ2) is 14.1. The number of hydrogen-bond acceptors (Lipinski definition) is 6. The number of nitrogens with zero attached hydrogens (tertiary/aromatic N) is 1. The number of amides is 2. The number of nitrogens with one attached hydrogen (secondary N) is 2. The minimum absolute atomic E-state index is 0.0952. The van der Waals surface area contributed by atoms with Crippen molar-refractivity contribution in [3.63, 3.8) is 0 Å². The minimum atomic E-state index is -5.08. The number of benzene rings is 1. The molecular formula is C23H24F6N4O7. The van der Waals surface area contributed by atoms with Crippen molar-refractivity contribution >= 4 is 35.3 Å². The molecule has 0 aliphatic carbocycles. The van der Waals surface area contributed by atoms with Crippen LogP contribution in [0.1, 0.15) is 37.9 Å². The van der Waals surface area contributed by atoms with Gasteiger partial charge in [-0.3, -0.25) is 15.1 Å². The summed E-state index contributed by atoms with van der Waals surface area (Å²) >= 11 is 0. The molecule has 2 aromatic rings. The molecule has 2 atom stereocenters. The number of rotatable bonds is 1. The lowest BCUT2D eigenvalue weighted by Gasteiger charge is -2.19. The fraction of sp³-hybridized carbons (Fsp3) is 0.348. The van der Waals surface area contributed by atoms with E-state index in [1.807, 2.05) is 19.1 Å². The number of alkyl halides is 6. The van der Waals surface area contributed by atoms with Crippen LogP contribution in [0, 0.1) is 5.92 Å². The van der Waals surface area contributed by atoms with Crippen molar-refractivity contribution in [1.82, 2.24) is 4.98 Å². The summed E-state index contributed by atoms with van der Waals surface area (Å²) in [5.41, 5.74) is 9.67. The van der Waals surface area contributed by atoms with Crippen molar-refractivity contribution in [1.29, 1.82) is 0 Å². The molecule has 0 saturated heterocycles. The zero-order valence-corrected chi connectivity index (χ0v) is 20.5. The molecule has 1 aliphatic rings. The maximum absolute atomic E-state index is 12.5. The van der Waals surface area contributed by atoms with E-state index in [4.69, 9.17) is 30.6 Å². The molecule has 2 heterocycles. The molecule has 0 saturated carbocycles. The van der Waals surface area contributed by atoms with Gasteiger partial charge in [0.15, 0.2) is 0 Å². The van der Waals surface area contributed by atoms with Crippen molar-refractivity contribution in [2.75, 3.05) is 10.6 Å². The number of anilines is 2. The van der Waals surface area contributed by atoms with Gasteiger partial charge in [-0.05, 0) is 42.7 Å². The van der Waals surface area contributed by atoms with Gasteiger partial charge in [0.1, 0.15) is 0 Å². The highest BCUT2D eigenvalue weighted by atomic mass is 19.4. The van der Waals surface area contributed by atoms with Crippen LogP contribution < -0.4 is 16.4 Å². The number of aliphatic carboxylic acids is 2. The summed E-state index contributed by atoms with van der Waals surface area (Å²) in [7, 11) is 0. The van der Waals surface area contributed by atoms with Crippen LogP contribution in [-0.2, 0) is 14.4 Å². The quantitative estimate of drug-likeness (QED) is 0.255. The Morgan fingerprint density at radius 1 is 0.975 bits per heavy atom. The zero-order valence-electron chi connectivity index (χ0n) is 20.5. The summed E-state index contributed by atoms with van der Waals surface area (Å²) in [6, 6.07) is 8.66. The number of carboxylic acids is 2. The molecule has 7 N–H and O–H groups in total. The third kappa shape index (κ3) is 11.1. The van der Waals surface area contributed by atoms with Crippen LogP contribution >= 0.6 is 0 Å². The Hall–Kier alpha value is -4.41. The Bertz CT molecular complexity index is 1200. The van der Waals surface area contributed by atoms with Gasteiger partial charge in [-0.2, -0.15) is 26.3 Å². The maximum Gasteiger partial charge on any atom is 0.490 e. The van der Waals surface area contributed by atoms with Gasteiger partial charge >= 0.3 is 30.4 Å². The van der Waals surface area contributed by atoms with E-state index < -0.39 is 30.4 Å². The molecule has 0 unspecified atom stereocenters. The van der Waals surface area contributed by atoms with Gasteiger partial charge in [-0.15, -0.1) is 0 Å². The van der Waals surface area contributed by atoms with Crippen LogP contribution in [0.5, 0.6) is 0 Å². The molecule has 0 radical (unpaired) electrons. The smallest absolute Gasteiger partial charge is 0.475 e. The van der Waals surface area contributed by atoms with Crippen molar-refractivity contribution in [3.05, 3.63) is 42.2 Å². The number of carboxylic acid groups (broad SMARTS) is 3. The number of aromatic nitrogens is 1. The SMILES string of the molecule is C[C@@H]1CCC[C@H](N)c2cc(ccn2)-c2ccc(NC(=O)O)cc2NC1=O.O=C(O)C(F)(F)F.O=C(O)C(F)(F)F. The topological polar surface area (TPSA) is 192 Å². The highest BCUT2D eigenvalue weighted by molar-refractivity contribution is 5.98. The zero-order chi connectivity index (χ0) is 30.8. The van der Waals surface area contributed by atoms with Crippen molar-refractivity contribution < 1.29 is 60.8 Å². The highest BCUT2D eigenvalue weighted by Crippen LogP contribution is 2.33.